The molecule has 10 heteroatoms. The van der Waals surface area contributed by atoms with Crippen LogP contribution in [0.5, 0.6) is 0 Å². The number of carbonyl (C=O) groups excluding carboxylic acids is 2. The molecule has 1 unspecified atom stereocenters. The second-order valence-corrected chi connectivity index (χ2v) is 8.71. The summed E-state index contributed by atoms with van der Waals surface area (Å²) >= 11 is 0. The molecule has 2 aliphatic rings. The van der Waals surface area contributed by atoms with E-state index < -0.39 is 23.9 Å². The minimum atomic E-state index is -0.617. The quantitative estimate of drug-likeness (QED) is 0.608. The largest absolute Gasteiger partial charge is 0.447 e. The van der Waals surface area contributed by atoms with E-state index in [1.54, 1.807) is 18.3 Å². The SMILES string of the molecule is C#C.CC(C)C1COC(=O)N1c1ccnc(NCc2ccc(C(=O)N3CCC[C@@H](O)C3)c(F)c2)n1. The first-order chi connectivity index (χ1) is 16.8. The zero-order valence-corrected chi connectivity index (χ0v) is 19.9. The lowest BCUT2D eigenvalue weighted by atomic mass is 10.0. The number of hydrogen-bond donors (Lipinski definition) is 2. The number of cyclic esters (lactones) is 1. The maximum atomic E-state index is 14.7. The van der Waals surface area contributed by atoms with Gasteiger partial charge in [0.2, 0.25) is 5.95 Å². The summed E-state index contributed by atoms with van der Waals surface area (Å²) in [5.74, 6) is -0.116. The normalized spacial score (nSPS) is 19.7. The maximum Gasteiger partial charge on any atom is 0.415 e. The first kappa shape index (κ1) is 25.9. The van der Waals surface area contributed by atoms with Gasteiger partial charge in [-0.25, -0.2) is 14.2 Å². The summed E-state index contributed by atoms with van der Waals surface area (Å²) < 4.78 is 19.9. The number of nitrogens with zero attached hydrogens (tertiary/aromatic N) is 4. The molecule has 2 aromatic rings. The Morgan fingerprint density at radius 3 is 2.80 bits per heavy atom. The Balaban J connectivity index is 0.00000167. The molecule has 4 rings (SSSR count). The first-order valence-corrected chi connectivity index (χ1v) is 11.5. The second kappa shape index (κ2) is 11.6. The third kappa shape index (κ3) is 6.05. The van der Waals surface area contributed by atoms with Crippen molar-refractivity contribution in [2.75, 3.05) is 29.9 Å². The van der Waals surface area contributed by atoms with Crippen molar-refractivity contribution in [3.63, 3.8) is 0 Å². The number of amides is 2. The molecule has 0 bridgehead atoms. The maximum absolute atomic E-state index is 14.7. The van der Waals surface area contributed by atoms with Gasteiger partial charge in [0.05, 0.1) is 17.7 Å². The van der Waals surface area contributed by atoms with Crippen molar-refractivity contribution in [1.29, 1.82) is 0 Å². The molecule has 0 saturated carbocycles. The number of ether oxygens (including phenoxy) is 1. The Hall–Kier alpha value is -3.71. The van der Waals surface area contributed by atoms with Crippen LogP contribution >= 0.6 is 0 Å². The number of benzene rings is 1. The number of anilines is 2. The van der Waals surface area contributed by atoms with Crippen molar-refractivity contribution in [3.8, 4) is 12.8 Å². The molecule has 2 amide bonds. The third-order valence-corrected chi connectivity index (χ3v) is 5.96. The van der Waals surface area contributed by atoms with E-state index in [9.17, 15) is 19.1 Å². The monoisotopic (exact) mass is 483 g/mol. The number of piperidine rings is 1. The summed E-state index contributed by atoms with van der Waals surface area (Å²) in [5.41, 5.74) is 0.593. The van der Waals surface area contributed by atoms with Crippen molar-refractivity contribution in [1.82, 2.24) is 14.9 Å². The zero-order chi connectivity index (χ0) is 25.5. The molecule has 0 aliphatic carbocycles. The Bertz CT molecular complexity index is 1080. The first-order valence-electron chi connectivity index (χ1n) is 11.5. The number of terminal acetylenes is 1. The predicted molar refractivity (Wildman–Crippen MR) is 129 cm³/mol. The Kier molecular flexibility index (Phi) is 8.60. The van der Waals surface area contributed by atoms with Crippen LogP contribution in [0.1, 0.15) is 42.6 Å². The van der Waals surface area contributed by atoms with Crippen molar-refractivity contribution in [2.45, 2.75) is 45.4 Å². The Morgan fingerprint density at radius 2 is 2.11 bits per heavy atom. The lowest BCUT2D eigenvalue weighted by Crippen LogP contribution is -2.42. The molecule has 0 radical (unpaired) electrons. The van der Waals surface area contributed by atoms with Gasteiger partial charge in [-0.15, -0.1) is 12.8 Å². The van der Waals surface area contributed by atoms with Gasteiger partial charge in [0, 0.05) is 25.8 Å². The molecule has 3 heterocycles. The van der Waals surface area contributed by atoms with Crippen LogP contribution in [-0.2, 0) is 11.3 Å². The average molecular weight is 484 g/mol. The summed E-state index contributed by atoms with van der Waals surface area (Å²) in [6, 6.07) is 5.96. The number of aromatic nitrogens is 2. The van der Waals surface area contributed by atoms with Crippen molar-refractivity contribution in [2.24, 2.45) is 5.92 Å². The highest BCUT2D eigenvalue weighted by Crippen LogP contribution is 2.26. The fraction of sp³-hybridized carbons (Fsp3) is 0.440. The zero-order valence-electron chi connectivity index (χ0n) is 19.9. The molecule has 2 N–H and O–H groups in total. The van der Waals surface area contributed by atoms with Crippen molar-refractivity contribution < 1.29 is 23.8 Å². The van der Waals surface area contributed by atoms with Gasteiger partial charge in [-0.2, -0.15) is 4.98 Å². The van der Waals surface area contributed by atoms with Gasteiger partial charge in [0.25, 0.3) is 5.91 Å². The molecule has 1 aromatic carbocycles. The van der Waals surface area contributed by atoms with Crippen molar-refractivity contribution >= 4 is 23.8 Å². The summed E-state index contributed by atoms with van der Waals surface area (Å²) in [4.78, 5) is 36.4. The predicted octanol–water partition coefficient (Wildman–Crippen LogP) is 3.06. The van der Waals surface area contributed by atoms with E-state index in [1.807, 2.05) is 13.8 Å². The van der Waals surface area contributed by atoms with E-state index in [2.05, 4.69) is 28.1 Å². The van der Waals surface area contributed by atoms with E-state index in [4.69, 9.17) is 4.74 Å². The highest BCUT2D eigenvalue weighted by molar-refractivity contribution is 5.94. The lowest BCUT2D eigenvalue weighted by molar-refractivity contribution is 0.0470. The molecule has 2 fully saturated rings. The molecule has 2 saturated heterocycles. The topological polar surface area (TPSA) is 108 Å². The number of aliphatic hydroxyl groups is 1. The molecular weight excluding hydrogens is 453 g/mol. The molecule has 9 nitrogen and oxygen atoms in total. The number of carbonyl (C=O) groups is 2. The van der Waals surface area contributed by atoms with Crippen molar-refractivity contribution in [3.05, 3.63) is 47.4 Å². The number of halogens is 1. The second-order valence-electron chi connectivity index (χ2n) is 8.71. The average Bonchev–Trinajstić information content (AvgIpc) is 3.25. The van der Waals surface area contributed by atoms with Gasteiger partial charge in [0.15, 0.2) is 0 Å². The highest BCUT2D eigenvalue weighted by Gasteiger charge is 2.37. The van der Waals surface area contributed by atoms with Crippen LogP contribution in [0.2, 0.25) is 0 Å². The molecule has 35 heavy (non-hydrogen) atoms. The van der Waals surface area contributed by atoms with Gasteiger partial charge in [0.1, 0.15) is 18.2 Å². The summed E-state index contributed by atoms with van der Waals surface area (Å²) in [5, 5.41) is 12.8. The van der Waals surface area contributed by atoms with Crippen LogP contribution in [0.25, 0.3) is 0 Å². The number of rotatable bonds is 6. The van der Waals surface area contributed by atoms with Crippen LogP contribution in [0.15, 0.2) is 30.5 Å². The number of aliphatic hydroxyl groups excluding tert-OH is 1. The van der Waals surface area contributed by atoms with E-state index in [-0.39, 0.29) is 36.6 Å². The fourth-order valence-corrected chi connectivity index (χ4v) is 4.09. The molecule has 186 valence electrons. The number of nitrogens with one attached hydrogen (secondary N) is 1. The summed E-state index contributed by atoms with van der Waals surface area (Å²) in [6.07, 6.45) is 9.88. The third-order valence-electron chi connectivity index (χ3n) is 5.96. The van der Waals surface area contributed by atoms with Crippen LogP contribution in [0, 0.1) is 24.6 Å². The van der Waals surface area contributed by atoms with E-state index in [0.717, 1.165) is 0 Å². The molecule has 0 spiro atoms. The fourth-order valence-electron chi connectivity index (χ4n) is 4.09. The van der Waals surface area contributed by atoms with Gasteiger partial charge in [-0.1, -0.05) is 19.9 Å². The Morgan fingerprint density at radius 1 is 1.34 bits per heavy atom. The van der Waals surface area contributed by atoms with Gasteiger partial charge >= 0.3 is 6.09 Å². The standard InChI is InChI=1S/C23H28FN5O4.C2H2/c1-14(2)19-13-33-23(32)29(19)20-7-8-25-22(27-20)26-11-15-5-6-17(18(24)10-15)21(31)28-9-3-4-16(30)12-28;1-2/h5-8,10,14,16,19,30H,3-4,9,11-13H2,1-2H3,(H,25,26,27);1-2H/t16-,19?;/m1./s1. The van der Waals surface area contributed by atoms with Crippen LogP contribution < -0.4 is 10.2 Å². The van der Waals surface area contributed by atoms with Gasteiger partial charge in [-0.3, -0.25) is 9.69 Å². The lowest BCUT2D eigenvalue weighted by Gasteiger charge is -2.30. The van der Waals surface area contributed by atoms with Crippen LogP contribution in [0.4, 0.5) is 21.0 Å². The minimum absolute atomic E-state index is 0.0154. The summed E-state index contributed by atoms with van der Waals surface area (Å²) in [7, 11) is 0. The van der Waals surface area contributed by atoms with E-state index in [0.29, 0.717) is 37.4 Å². The minimum Gasteiger partial charge on any atom is -0.447 e. The smallest absolute Gasteiger partial charge is 0.415 e. The number of hydrogen-bond acceptors (Lipinski definition) is 7. The van der Waals surface area contributed by atoms with Gasteiger partial charge < -0.3 is 20.1 Å². The Labute approximate surface area is 204 Å². The van der Waals surface area contributed by atoms with Crippen LogP contribution in [0.3, 0.4) is 0 Å². The molecular formula is C25H30FN5O4. The highest BCUT2D eigenvalue weighted by atomic mass is 19.1. The summed E-state index contributed by atoms with van der Waals surface area (Å²) in [6.45, 7) is 5.29. The molecule has 2 aliphatic heterocycles. The van der Waals surface area contributed by atoms with E-state index >= 15 is 0 Å². The number of β-amino-alcohol motifs (C(OH)–C–C–N with tert-alkyl or cyclic N) is 1. The molecule has 1 aromatic heterocycles. The van der Waals surface area contributed by atoms with Crippen LogP contribution in [-0.4, -0.2) is 63.8 Å². The number of likely N-dealkylation sites (tertiary alicyclic amines) is 1. The molecule has 2 atom stereocenters. The van der Waals surface area contributed by atoms with Gasteiger partial charge in [-0.05, 0) is 42.5 Å². The van der Waals surface area contributed by atoms with E-state index in [1.165, 1.54) is 21.9 Å².